The van der Waals surface area contributed by atoms with E-state index in [0.29, 0.717) is 51.3 Å². The van der Waals surface area contributed by atoms with E-state index < -0.39 is 11.6 Å². The largest absolute Gasteiger partial charge is 0.475 e. The Balaban J connectivity index is 1.77. The molecular weight excluding hydrogens is 452 g/mol. The molecule has 10 heteroatoms. The van der Waals surface area contributed by atoms with Gasteiger partial charge in [-0.3, -0.25) is 9.59 Å². The van der Waals surface area contributed by atoms with Crippen LogP contribution in [0.5, 0.6) is 5.88 Å². The fourth-order valence-electron chi connectivity index (χ4n) is 4.18. The SMILES string of the molecule is CCOC(=O)c1cc(C#N)c(N2CCC(C(=O)OC(C)(C)C)CC2)nc1OCCN1CCCC1=O. The maximum absolute atomic E-state index is 12.5. The van der Waals surface area contributed by atoms with Crippen molar-refractivity contribution in [2.45, 2.75) is 59.0 Å². The van der Waals surface area contributed by atoms with Gasteiger partial charge in [-0.2, -0.15) is 10.2 Å². The fraction of sp³-hybridized carbons (Fsp3) is 0.640. The van der Waals surface area contributed by atoms with Crippen LogP contribution in [0.4, 0.5) is 5.82 Å². The maximum atomic E-state index is 12.5. The number of anilines is 1. The van der Waals surface area contributed by atoms with E-state index in [1.807, 2.05) is 25.7 Å². The van der Waals surface area contributed by atoms with Crippen LogP contribution in [0.3, 0.4) is 0 Å². The molecule has 0 unspecified atom stereocenters. The second-order valence-corrected chi connectivity index (χ2v) is 9.67. The first kappa shape index (κ1) is 26.3. The third-order valence-corrected chi connectivity index (χ3v) is 5.89. The van der Waals surface area contributed by atoms with Crippen molar-refractivity contribution in [2.75, 3.05) is 44.3 Å². The van der Waals surface area contributed by atoms with Gasteiger partial charge in [0.05, 0.1) is 24.6 Å². The van der Waals surface area contributed by atoms with Crippen molar-refractivity contribution in [3.8, 4) is 11.9 Å². The highest BCUT2D eigenvalue weighted by molar-refractivity contribution is 5.93. The summed E-state index contributed by atoms with van der Waals surface area (Å²) in [5.41, 5.74) is -0.243. The van der Waals surface area contributed by atoms with E-state index in [1.54, 1.807) is 11.8 Å². The normalized spacial score (nSPS) is 16.7. The summed E-state index contributed by atoms with van der Waals surface area (Å²) in [5, 5.41) is 9.76. The van der Waals surface area contributed by atoms with Gasteiger partial charge in [0.15, 0.2) is 5.82 Å². The Hall–Kier alpha value is -3.35. The van der Waals surface area contributed by atoms with E-state index in [-0.39, 0.29) is 48.0 Å². The molecule has 2 saturated heterocycles. The highest BCUT2D eigenvalue weighted by Crippen LogP contribution is 2.30. The number of rotatable bonds is 8. The Kier molecular flexibility index (Phi) is 8.54. The van der Waals surface area contributed by atoms with Gasteiger partial charge in [0.2, 0.25) is 11.8 Å². The molecule has 0 N–H and O–H groups in total. The number of hydrogen-bond acceptors (Lipinski definition) is 9. The van der Waals surface area contributed by atoms with Crippen molar-refractivity contribution in [1.82, 2.24) is 9.88 Å². The first-order valence-corrected chi connectivity index (χ1v) is 12.1. The predicted molar refractivity (Wildman–Crippen MR) is 127 cm³/mol. The number of pyridine rings is 1. The topological polar surface area (TPSA) is 122 Å². The van der Waals surface area contributed by atoms with Crippen molar-refractivity contribution in [2.24, 2.45) is 5.92 Å². The maximum Gasteiger partial charge on any atom is 0.343 e. The summed E-state index contributed by atoms with van der Waals surface area (Å²) in [4.78, 5) is 45.1. The van der Waals surface area contributed by atoms with Crippen LogP contribution in [-0.2, 0) is 19.1 Å². The van der Waals surface area contributed by atoms with E-state index in [0.717, 1.165) is 6.42 Å². The van der Waals surface area contributed by atoms with Crippen molar-refractivity contribution in [3.05, 3.63) is 17.2 Å². The lowest BCUT2D eigenvalue weighted by atomic mass is 9.96. The Bertz CT molecular complexity index is 989. The number of carbonyl (C=O) groups is 3. The third kappa shape index (κ3) is 6.84. The monoisotopic (exact) mass is 486 g/mol. The summed E-state index contributed by atoms with van der Waals surface area (Å²) in [5.74, 6) is -0.513. The van der Waals surface area contributed by atoms with E-state index in [4.69, 9.17) is 14.2 Å². The molecule has 1 amide bonds. The highest BCUT2D eigenvalue weighted by Gasteiger charge is 2.31. The van der Waals surface area contributed by atoms with Crippen LogP contribution >= 0.6 is 0 Å². The zero-order valence-electron chi connectivity index (χ0n) is 21.0. The Morgan fingerprint density at radius 1 is 1.23 bits per heavy atom. The van der Waals surface area contributed by atoms with Gasteiger partial charge in [0.1, 0.15) is 23.8 Å². The lowest BCUT2D eigenvalue weighted by Crippen LogP contribution is -2.39. The molecule has 0 spiro atoms. The van der Waals surface area contributed by atoms with Gasteiger partial charge in [-0.05, 0) is 53.0 Å². The second-order valence-electron chi connectivity index (χ2n) is 9.67. The lowest BCUT2D eigenvalue weighted by molar-refractivity contribution is -0.160. The van der Waals surface area contributed by atoms with E-state index >= 15 is 0 Å². The molecule has 2 fully saturated rings. The summed E-state index contributed by atoms with van der Waals surface area (Å²) >= 11 is 0. The Labute approximate surface area is 206 Å². The summed E-state index contributed by atoms with van der Waals surface area (Å²) in [6.07, 6.45) is 2.49. The van der Waals surface area contributed by atoms with Crippen molar-refractivity contribution < 1.29 is 28.6 Å². The zero-order valence-corrected chi connectivity index (χ0v) is 21.0. The van der Waals surface area contributed by atoms with Crippen LogP contribution in [-0.4, -0.2) is 72.7 Å². The molecule has 1 aromatic heterocycles. The minimum absolute atomic E-state index is 0.0679. The number of likely N-dealkylation sites (tertiary alicyclic amines) is 1. The van der Waals surface area contributed by atoms with Crippen LogP contribution in [0, 0.1) is 17.2 Å². The predicted octanol–water partition coefficient (Wildman–Crippen LogP) is 2.69. The number of piperidine rings is 1. The smallest absolute Gasteiger partial charge is 0.343 e. The molecule has 1 aromatic rings. The number of aromatic nitrogens is 1. The molecule has 0 aromatic carbocycles. The number of nitrogens with zero attached hydrogens (tertiary/aromatic N) is 4. The molecular formula is C25H34N4O6. The minimum atomic E-state index is -0.626. The molecule has 190 valence electrons. The Morgan fingerprint density at radius 2 is 1.94 bits per heavy atom. The van der Waals surface area contributed by atoms with Gasteiger partial charge in [-0.25, -0.2) is 4.79 Å². The number of esters is 2. The number of nitriles is 1. The lowest BCUT2D eigenvalue weighted by Gasteiger charge is -2.33. The summed E-state index contributed by atoms with van der Waals surface area (Å²) in [6, 6.07) is 3.56. The van der Waals surface area contributed by atoms with Crippen LogP contribution in [0.25, 0.3) is 0 Å². The Morgan fingerprint density at radius 3 is 2.51 bits per heavy atom. The van der Waals surface area contributed by atoms with Gasteiger partial charge in [0, 0.05) is 26.1 Å². The zero-order chi connectivity index (χ0) is 25.6. The molecule has 0 atom stereocenters. The van der Waals surface area contributed by atoms with Gasteiger partial charge in [0.25, 0.3) is 0 Å². The molecule has 3 rings (SSSR count). The van der Waals surface area contributed by atoms with Crippen molar-refractivity contribution >= 4 is 23.7 Å². The quantitative estimate of drug-likeness (QED) is 0.510. The first-order chi connectivity index (χ1) is 16.6. The molecule has 0 aliphatic carbocycles. The van der Waals surface area contributed by atoms with Gasteiger partial charge < -0.3 is 24.0 Å². The van der Waals surface area contributed by atoms with Crippen LogP contribution in [0.2, 0.25) is 0 Å². The third-order valence-electron chi connectivity index (χ3n) is 5.89. The average Bonchev–Trinajstić information content (AvgIpc) is 3.22. The van der Waals surface area contributed by atoms with Crippen LogP contribution in [0.15, 0.2) is 6.07 Å². The number of ether oxygens (including phenoxy) is 3. The van der Waals surface area contributed by atoms with Crippen LogP contribution < -0.4 is 9.64 Å². The molecule has 2 aliphatic heterocycles. The summed E-state index contributed by atoms with van der Waals surface area (Å²) in [7, 11) is 0. The van der Waals surface area contributed by atoms with Gasteiger partial charge >= 0.3 is 11.9 Å². The van der Waals surface area contributed by atoms with Gasteiger partial charge in [-0.1, -0.05) is 0 Å². The summed E-state index contributed by atoms with van der Waals surface area (Å²) in [6.45, 7) is 9.64. The minimum Gasteiger partial charge on any atom is -0.475 e. The standard InChI is InChI=1S/C25H34N4O6/c1-5-33-24(32)19-15-18(16-26)21(27-22(19)34-14-13-28-10-6-7-20(28)30)29-11-8-17(9-12-29)23(31)35-25(2,3)4/h15,17H,5-14H2,1-4H3. The van der Waals surface area contributed by atoms with E-state index in [1.165, 1.54) is 6.07 Å². The molecule has 0 saturated carbocycles. The molecule has 10 nitrogen and oxygen atoms in total. The molecule has 0 radical (unpaired) electrons. The molecule has 0 bridgehead atoms. The highest BCUT2D eigenvalue weighted by atomic mass is 16.6. The summed E-state index contributed by atoms with van der Waals surface area (Å²) < 4.78 is 16.5. The molecule has 2 aliphatic rings. The molecule has 35 heavy (non-hydrogen) atoms. The van der Waals surface area contributed by atoms with E-state index in [2.05, 4.69) is 11.1 Å². The van der Waals surface area contributed by atoms with E-state index in [9.17, 15) is 19.6 Å². The number of amides is 1. The van der Waals surface area contributed by atoms with Crippen LogP contribution in [0.1, 0.15) is 69.3 Å². The second kappa shape index (κ2) is 11.4. The number of hydrogen-bond donors (Lipinski definition) is 0. The average molecular weight is 487 g/mol. The van der Waals surface area contributed by atoms with Gasteiger partial charge in [-0.15, -0.1) is 0 Å². The first-order valence-electron chi connectivity index (χ1n) is 12.1. The number of carbonyl (C=O) groups excluding carboxylic acids is 3. The van der Waals surface area contributed by atoms with Crippen molar-refractivity contribution in [1.29, 1.82) is 5.26 Å². The fourth-order valence-corrected chi connectivity index (χ4v) is 4.18. The molecule has 3 heterocycles. The van der Waals surface area contributed by atoms with Crippen molar-refractivity contribution in [3.63, 3.8) is 0 Å².